The Morgan fingerprint density at radius 2 is 1.48 bits per heavy atom. The summed E-state index contributed by atoms with van der Waals surface area (Å²) in [5.41, 5.74) is 2.50. The summed E-state index contributed by atoms with van der Waals surface area (Å²) in [5.74, 6) is -0.983. The van der Waals surface area contributed by atoms with Crippen LogP contribution >= 0.6 is 34.8 Å². The Kier molecular flexibility index (Phi) is 11.3. The molecule has 0 bridgehead atoms. The minimum atomic E-state index is -4.22. The molecule has 4 aromatic rings. The van der Waals surface area contributed by atoms with Crippen molar-refractivity contribution in [1.82, 2.24) is 10.2 Å². The third-order valence-corrected chi connectivity index (χ3v) is 9.61. The second-order valence-electron chi connectivity index (χ2n) is 10.2. The molecule has 0 unspecified atom stereocenters. The summed E-state index contributed by atoms with van der Waals surface area (Å²) in [7, 11) is -4.22. The van der Waals surface area contributed by atoms with E-state index in [1.54, 1.807) is 49.4 Å². The zero-order valence-electron chi connectivity index (χ0n) is 24.2. The third kappa shape index (κ3) is 8.33. The van der Waals surface area contributed by atoms with Crippen molar-refractivity contribution in [3.8, 4) is 0 Å². The van der Waals surface area contributed by atoms with Gasteiger partial charge in [0.05, 0.1) is 10.6 Å². The van der Waals surface area contributed by atoms with Gasteiger partial charge < -0.3 is 10.2 Å². The van der Waals surface area contributed by atoms with Crippen LogP contribution in [0.1, 0.15) is 23.6 Å². The number of nitrogens with zero attached hydrogens (tertiary/aromatic N) is 2. The Bertz CT molecular complexity index is 1700. The highest BCUT2D eigenvalue weighted by atomic mass is 35.5. The molecule has 0 saturated heterocycles. The number of rotatable bonds is 12. The maximum Gasteiger partial charge on any atom is 0.264 e. The number of anilines is 1. The van der Waals surface area contributed by atoms with E-state index in [2.05, 4.69) is 5.32 Å². The van der Waals surface area contributed by atoms with Gasteiger partial charge in [-0.2, -0.15) is 0 Å². The summed E-state index contributed by atoms with van der Waals surface area (Å²) in [6.45, 7) is 3.32. The number of benzene rings is 4. The molecular weight excluding hydrogens is 641 g/mol. The van der Waals surface area contributed by atoms with Crippen LogP contribution in [-0.4, -0.2) is 44.3 Å². The molecule has 0 heterocycles. The summed E-state index contributed by atoms with van der Waals surface area (Å²) < 4.78 is 29.1. The summed E-state index contributed by atoms with van der Waals surface area (Å²) >= 11 is 18.8. The maximum absolute atomic E-state index is 14.4. The van der Waals surface area contributed by atoms with E-state index in [1.165, 1.54) is 29.2 Å². The fraction of sp³-hybridized carbons (Fsp3) is 0.212. The molecule has 0 spiro atoms. The minimum absolute atomic E-state index is 0.0164. The highest BCUT2D eigenvalue weighted by Crippen LogP contribution is 2.28. The van der Waals surface area contributed by atoms with Crippen molar-refractivity contribution in [2.24, 2.45) is 0 Å². The number of amides is 2. The Labute approximate surface area is 273 Å². The van der Waals surface area contributed by atoms with Gasteiger partial charge in [0.15, 0.2) is 0 Å². The fourth-order valence-electron chi connectivity index (χ4n) is 4.65. The van der Waals surface area contributed by atoms with Gasteiger partial charge >= 0.3 is 0 Å². The number of likely N-dealkylation sites (N-methyl/N-ethyl adjacent to an activating group) is 1. The first kappa shape index (κ1) is 33.3. The van der Waals surface area contributed by atoms with Gasteiger partial charge in [0, 0.05) is 34.6 Å². The van der Waals surface area contributed by atoms with Gasteiger partial charge in [-0.3, -0.25) is 13.9 Å². The second kappa shape index (κ2) is 14.9. The monoisotopic (exact) mass is 671 g/mol. The molecule has 11 heteroatoms. The van der Waals surface area contributed by atoms with Crippen molar-refractivity contribution in [2.45, 2.75) is 37.8 Å². The van der Waals surface area contributed by atoms with Gasteiger partial charge in [-0.1, -0.05) is 88.9 Å². The second-order valence-corrected chi connectivity index (χ2v) is 13.3. The van der Waals surface area contributed by atoms with Crippen LogP contribution in [0.5, 0.6) is 0 Å². The first-order valence-corrected chi connectivity index (χ1v) is 16.5. The SMILES string of the molecule is CCNC(=O)[C@H](Cc1ccccc1)N(Cc1ccc(Cl)cc1Cl)C(=O)CN(c1ccc(Cl)cc1)S(=O)(=O)c1ccc(C)cc1. The zero-order chi connectivity index (χ0) is 31.9. The van der Waals surface area contributed by atoms with E-state index in [1.807, 2.05) is 37.3 Å². The van der Waals surface area contributed by atoms with Gasteiger partial charge in [-0.25, -0.2) is 8.42 Å². The number of carbonyl (C=O) groups is 2. The molecule has 7 nitrogen and oxygen atoms in total. The van der Waals surface area contributed by atoms with Crippen LogP contribution < -0.4 is 9.62 Å². The molecule has 4 rings (SSSR count). The molecule has 2 amide bonds. The van der Waals surface area contributed by atoms with Crippen LogP contribution in [0.15, 0.2) is 102 Å². The van der Waals surface area contributed by atoms with E-state index in [0.29, 0.717) is 27.2 Å². The van der Waals surface area contributed by atoms with E-state index in [-0.39, 0.29) is 29.5 Å². The van der Waals surface area contributed by atoms with Crippen molar-refractivity contribution < 1.29 is 18.0 Å². The smallest absolute Gasteiger partial charge is 0.264 e. The van der Waals surface area contributed by atoms with Crippen molar-refractivity contribution >= 4 is 62.3 Å². The molecule has 230 valence electrons. The molecule has 0 aliphatic carbocycles. The summed E-state index contributed by atoms with van der Waals surface area (Å²) in [4.78, 5) is 29.3. The van der Waals surface area contributed by atoms with Crippen molar-refractivity contribution in [1.29, 1.82) is 0 Å². The molecule has 44 heavy (non-hydrogen) atoms. The van der Waals surface area contributed by atoms with Gasteiger partial charge in [-0.15, -0.1) is 0 Å². The summed E-state index contributed by atoms with van der Waals surface area (Å²) in [6.07, 6.45) is 0.190. The quantitative estimate of drug-likeness (QED) is 0.177. The highest BCUT2D eigenvalue weighted by Gasteiger charge is 2.34. The molecule has 1 atom stereocenters. The van der Waals surface area contributed by atoms with E-state index in [4.69, 9.17) is 34.8 Å². The van der Waals surface area contributed by atoms with Crippen LogP contribution in [0, 0.1) is 6.92 Å². The number of nitrogens with one attached hydrogen (secondary N) is 1. The lowest BCUT2D eigenvalue weighted by atomic mass is 10.0. The first-order valence-electron chi connectivity index (χ1n) is 13.9. The Hall–Kier alpha value is -3.56. The van der Waals surface area contributed by atoms with Crippen molar-refractivity contribution in [2.75, 3.05) is 17.4 Å². The molecule has 0 fully saturated rings. The van der Waals surface area contributed by atoms with E-state index >= 15 is 0 Å². The number of aryl methyl sites for hydroxylation is 1. The van der Waals surface area contributed by atoms with Crippen molar-refractivity contribution in [3.05, 3.63) is 129 Å². The number of sulfonamides is 1. The lowest BCUT2D eigenvalue weighted by Crippen LogP contribution is -2.53. The Morgan fingerprint density at radius 1 is 0.841 bits per heavy atom. The number of hydrogen-bond donors (Lipinski definition) is 1. The maximum atomic E-state index is 14.4. The average Bonchev–Trinajstić information content (AvgIpc) is 3.00. The molecule has 0 radical (unpaired) electrons. The first-order chi connectivity index (χ1) is 21.0. The molecule has 0 aliphatic heterocycles. The lowest BCUT2D eigenvalue weighted by molar-refractivity contribution is -0.140. The third-order valence-electron chi connectivity index (χ3n) is 6.98. The van der Waals surface area contributed by atoms with Gasteiger partial charge in [0.2, 0.25) is 11.8 Å². The van der Waals surface area contributed by atoms with Gasteiger partial charge in [0.25, 0.3) is 10.0 Å². The predicted octanol–water partition coefficient (Wildman–Crippen LogP) is 6.93. The van der Waals surface area contributed by atoms with Crippen LogP contribution in [0.2, 0.25) is 15.1 Å². The number of hydrogen-bond acceptors (Lipinski definition) is 4. The van der Waals surface area contributed by atoms with Crippen LogP contribution in [0.3, 0.4) is 0 Å². The number of carbonyl (C=O) groups excluding carboxylic acids is 2. The van der Waals surface area contributed by atoms with Crippen LogP contribution in [0.4, 0.5) is 5.69 Å². The highest BCUT2D eigenvalue weighted by molar-refractivity contribution is 7.92. The summed E-state index contributed by atoms with van der Waals surface area (Å²) in [5, 5.41) is 3.97. The largest absolute Gasteiger partial charge is 0.355 e. The standard InChI is InChI=1S/C33H32Cl3N3O4S/c1-3-37-33(41)31(19-24-7-5-4-6-8-24)38(21-25-11-12-27(35)20-30(25)36)32(40)22-39(28-15-13-26(34)14-16-28)44(42,43)29-17-9-23(2)10-18-29/h4-18,20,31H,3,19,21-22H2,1-2H3,(H,37,41)/t31-/m0/s1. The molecule has 1 N–H and O–H groups in total. The van der Waals surface area contributed by atoms with Gasteiger partial charge in [0.1, 0.15) is 12.6 Å². The van der Waals surface area contributed by atoms with E-state index < -0.39 is 28.5 Å². The summed E-state index contributed by atoms with van der Waals surface area (Å²) in [6, 6.07) is 25.7. The molecule has 0 saturated carbocycles. The number of halogens is 3. The molecule has 4 aromatic carbocycles. The zero-order valence-corrected chi connectivity index (χ0v) is 27.3. The van der Waals surface area contributed by atoms with Crippen LogP contribution in [-0.2, 0) is 32.6 Å². The van der Waals surface area contributed by atoms with Gasteiger partial charge in [-0.05, 0) is 73.5 Å². The molecule has 0 aliphatic rings. The normalized spacial score (nSPS) is 11.9. The molecular formula is C33H32Cl3N3O4S. The molecule has 0 aromatic heterocycles. The fourth-order valence-corrected chi connectivity index (χ4v) is 6.66. The Morgan fingerprint density at radius 3 is 2.09 bits per heavy atom. The van der Waals surface area contributed by atoms with Crippen molar-refractivity contribution in [3.63, 3.8) is 0 Å². The minimum Gasteiger partial charge on any atom is -0.355 e. The lowest BCUT2D eigenvalue weighted by Gasteiger charge is -2.34. The average molecular weight is 673 g/mol. The van der Waals surface area contributed by atoms with Crippen LogP contribution in [0.25, 0.3) is 0 Å². The Balaban J connectivity index is 1.81. The van der Waals surface area contributed by atoms with E-state index in [9.17, 15) is 18.0 Å². The van der Waals surface area contributed by atoms with E-state index in [0.717, 1.165) is 15.4 Å². The topological polar surface area (TPSA) is 86.8 Å². The predicted molar refractivity (Wildman–Crippen MR) is 177 cm³/mol.